The number of benzene rings is 1. The van der Waals surface area contributed by atoms with Crippen molar-refractivity contribution in [2.75, 3.05) is 31.2 Å². The van der Waals surface area contributed by atoms with E-state index in [-0.39, 0.29) is 22.6 Å². The third-order valence-electron chi connectivity index (χ3n) is 4.28. The number of hydrogen-bond donors (Lipinski definition) is 0. The summed E-state index contributed by atoms with van der Waals surface area (Å²) in [4.78, 5) is 20.4. The van der Waals surface area contributed by atoms with Crippen molar-refractivity contribution in [3.05, 3.63) is 56.9 Å². The lowest BCUT2D eigenvalue weighted by Gasteiger charge is -2.29. The van der Waals surface area contributed by atoms with E-state index in [2.05, 4.69) is 9.97 Å². The zero-order valence-corrected chi connectivity index (χ0v) is 15.2. The van der Waals surface area contributed by atoms with Crippen LogP contribution in [0.1, 0.15) is 11.6 Å². The van der Waals surface area contributed by atoms with E-state index in [0.717, 1.165) is 0 Å². The van der Waals surface area contributed by atoms with Crippen LogP contribution in [0, 0.1) is 15.9 Å². The van der Waals surface area contributed by atoms with Gasteiger partial charge in [-0.2, -0.15) is 0 Å². The molecule has 0 spiro atoms. The second-order valence-electron chi connectivity index (χ2n) is 6.06. The molecule has 0 saturated carbocycles. The average Bonchev–Trinajstić information content (AvgIpc) is 3.16. The Labute approximate surface area is 163 Å². The summed E-state index contributed by atoms with van der Waals surface area (Å²) in [7, 11) is 0. The van der Waals surface area contributed by atoms with Gasteiger partial charge in [0.05, 0.1) is 30.5 Å². The summed E-state index contributed by atoms with van der Waals surface area (Å²) in [5, 5.41) is 11.4. The molecule has 1 saturated heterocycles. The van der Waals surface area contributed by atoms with Gasteiger partial charge in [0.25, 0.3) is 0 Å². The Balaban J connectivity index is 1.65. The van der Waals surface area contributed by atoms with Gasteiger partial charge in [-0.3, -0.25) is 10.1 Å². The molecule has 28 heavy (non-hydrogen) atoms. The Hall–Kier alpha value is -3.04. The monoisotopic (exact) mass is 404 g/mol. The molecule has 1 aliphatic heterocycles. The predicted octanol–water partition coefficient (Wildman–Crippen LogP) is 3.93. The number of rotatable bonds is 4. The Morgan fingerprint density at radius 2 is 2.00 bits per heavy atom. The molecule has 1 aliphatic rings. The van der Waals surface area contributed by atoms with E-state index in [4.69, 9.17) is 20.8 Å². The first-order valence-electron chi connectivity index (χ1n) is 8.43. The normalized spacial score (nSPS) is 14.9. The fourth-order valence-electron chi connectivity index (χ4n) is 2.93. The number of halogens is 2. The lowest BCUT2D eigenvalue weighted by Crippen LogP contribution is -2.36. The van der Waals surface area contributed by atoms with Crippen molar-refractivity contribution < 1.29 is 18.5 Å². The molecule has 0 unspecified atom stereocenters. The van der Waals surface area contributed by atoms with Crippen LogP contribution in [0.3, 0.4) is 0 Å². The highest BCUT2D eigenvalue weighted by molar-refractivity contribution is 6.34. The van der Waals surface area contributed by atoms with Crippen molar-refractivity contribution >= 4 is 46.2 Å². The number of nitrogens with zero attached hydrogens (tertiary/aromatic N) is 4. The lowest BCUT2D eigenvalue weighted by atomic mass is 10.2. The summed E-state index contributed by atoms with van der Waals surface area (Å²) in [6.07, 6.45) is 2.96. The van der Waals surface area contributed by atoms with E-state index in [1.165, 1.54) is 30.4 Å². The second kappa shape index (κ2) is 7.53. The molecule has 0 atom stereocenters. The fraction of sp³-hybridized carbons (Fsp3) is 0.222. The first-order chi connectivity index (χ1) is 13.5. The van der Waals surface area contributed by atoms with Crippen LogP contribution in [0.25, 0.3) is 23.1 Å². The van der Waals surface area contributed by atoms with E-state index < -0.39 is 10.7 Å². The quantitative estimate of drug-likeness (QED) is 0.369. The van der Waals surface area contributed by atoms with Gasteiger partial charge in [0.1, 0.15) is 21.7 Å². The van der Waals surface area contributed by atoms with Crippen LogP contribution >= 0.6 is 11.6 Å². The first-order valence-corrected chi connectivity index (χ1v) is 8.81. The van der Waals surface area contributed by atoms with Crippen LogP contribution in [0.5, 0.6) is 0 Å². The van der Waals surface area contributed by atoms with Crippen LogP contribution in [-0.4, -0.2) is 41.2 Å². The maximum atomic E-state index is 14.6. The van der Waals surface area contributed by atoms with Crippen molar-refractivity contribution in [2.24, 2.45) is 0 Å². The molecule has 144 valence electrons. The largest absolute Gasteiger partial charge is 0.433 e. The van der Waals surface area contributed by atoms with Crippen molar-refractivity contribution in [1.82, 2.24) is 9.97 Å². The van der Waals surface area contributed by atoms with Crippen LogP contribution < -0.4 is 4.90 Å². The summed E-state index contributed by atoms with van der Waals surface area (Å²) in [5.74, 6) is -0.272. The number of anilines is 1. The van der Waals surface area contributed by atoms with Crippen molar-refractivity contribution in [2.45, 2.75) is 0 Å². The third kappa shape index (κ3) is 3.67. The van der Waals surface area contributed by atoms with E-state index in [1.54, 1.807) is 6.07 Å². The predicted molar refractivity (Wildman–Crippen MR) is 102 cm³/mol. The molecule has 3 heterocycles. The van der Waals surface area contributed by atoms with Crippen molar-refractivity contribution in [1.29, 1.82) is 0 Å². The van der Waals surface area contributed by atoms with Gasteiger partial charge in [-0.1, -0.05) is 11.6 Å². The van der Waals surface area contributed by atoms with Gasteiger partial charge in [0.15, 0.2) is 5.82 Å². The summed E-state index contributed by atoms with van der Waals surface area (Å²) in [5.41, 5.74) is 0.798. The molecule has 4 rings (SSSR count). The van der Waals surface area contributed by atoms with Crippen molar-refractivity contribution in [3.8, 4) is 0 Å². The molecule has 8 nitrogen and oxygen atoms in total. The molecule has 0 aliphatic carbocycles. The van der Waals surface area contributed by atoms with Gasteiger partial charge >= 0.3 is 5.88 Å². The highest BCUT2D eigenvalue weighted by Crippen LogP contribution is 2.29. The minimum absolute atomic E-state index is 0.185. The molecular formula is C18H14ClFN4O4. The van der Waals surface area contributed by atoms with Crippen molar-refractivity contribution in [3.63, 3.8) is 0 Å². The van der Waals surface area contributed by atoms with Gasteiger partial charge < -0.3 is 14.1 Å². The van der Waals surface area contributed by atoms with Gasteiger partial charge in [-0.25, -0.2) is 14.4 Å². The molecule has 0 radical (unpaired) electrons. The number of fused-ring (bicyclic) bond motifs is 1. The van der Waals surface area contributed by atoms with Crippen LogP contribution in [0.2, 0.25) is 5.15 Å². The molecule has 3 aromatic rings. The molecule has 0 bridgehead atoms. The third-order valence-corrected chi connectivity index (χ3v) is 4.56. The second-order valence-corrected chi connectivity index (χ2v) is 6.42. The highest BCUT2D eigenvalue weighted by Gasteiger charge is 2.18. The summed E-state index contributed by atoms with van der Waals surface area (Å²) in [6.45, 7) is 2.26. The minimum atomic E-state index is -0.629. The van der Waals surface area contributed by atoms with Gasteiger partial charge in [0.2, 0.25) is 0 Å². The van der Waals surface area contributed by atoms with Crippen LogP contribution in [0.4, 0.5) is 16.0 Å². The van der Waals surface area contributed by atoms with E-state index in [9.17, 15) is 14.5 Å². The maximum absolute atomic E-state index is 14.6. The fourth-order valence-corrected chi connectivity index (χ4v) is 3.16. The number of furan rings is 1. The Morgan fingerprint density at radius 1 is 1.21 bits per heavy atom. The van der Waals surface area contributed by atoms with Gasteiger partial charge in [-0.15, -0.1) is 0 Å². The number of ether oxygens (including phenoxy) is 1. The average molecular weight is 405 g/mol. The topological polar surface area (TPSA) is 94.5 Å². The van der Waals surface area contributed by atoms with Crippen LogP contribution in [0.15, 0.2) is 28.7 Å². The lowest BCUT2D eigenvalue weighted by molar-refractivity contribution is -0.402. The molecular weight excluding hydrogens is 391 g/mol. The molecule has 1 aromatic carbocycles. The van der Waals surface area contributed by atoms with E-state index in [1.807, 2.05) is 4.90 Å². The molecule has 1 fully saturated rings. The first kappa shape index (κ1) is 18.3. The van der Waals surface area contributed by atoms with Gasteiger partial charge in [-0.05, 0) is 24.3 Å². The molecule has 0 amide bonds. The molecule has 0 N–H and O–H groups in total. The smallest absolute Gasteiger partial charge is 0.401 e. The number of aromatic nitrogens is 2. The summed E-state index contributed by atoms with van der Waals surface area (Å²) < 4.78 is 24.9. The number of morpholine rings is 1. The van der Waals surface area contributed by atoms with Crippen LogP contribution in [-0.2, 0) is 4.74 Å². The SMILES string of the molecule is O=[N+]([O-])c1ccc(C=Cc2nc(Cl)c3cc(N4CCOCC4)c(F)cc3n2)o1. The Kier molecular flexibility index (Phi) is 4.93. The summed E-state index contributed by atoms with van der Waals surface area (Å²) >= 11 is 6.29. The highest BCUT2D eigenvalue weighted by atomic mass is 35.5. The molecule has 10 heteroatoms. The standard InChI is InChI=1S/C18H14ClFN4O4/c19-18-12-9-15(23-5-7-27-8-6-23)13(20)10-14(12)21-16(22-18)3-1-11-2-4-17(28-11)24(25)26/h1-4,9-10H,5-8H2. The van der Waals surface area contributed by atoms with E-state index in [0.29, 0.717) is 42.9 Å². The van der Waals surface area contributed by atoms with Gasteiger partial charge in [0, 0.05) is 24.5 Å². The zero-order chi connectivity index (χ0) is 19.7. The summed E-state index contributed by atoms with van der Waals surface area (Å²) in [6, 6.07) is 5.66. The Morgan fingerprint density at radius 3 is 2.71 bits per heavy atom. The zero-order valence-electron chi connectivity index (χ0n) is 14.5. The Bertz CT molecular complexity index is 1080. The maximum Gasteiger partial charge on any atom is 0.433 e. The van der Waals surface area contributed by atoms with E-state index >= 15 is 0 Å². The number of nitro groups is 1. The number of hydrogen-bond acceptors (Lipinski definition) is 7. The minimum Gasteiger partial charge on any atom is -0.401 e. The molecule has 2 aromatic heterocycles.